The van der Waals surface area contributed by atoms with Gasteiger partial charge >= 0.3 is 18.3 Å². The van der Waals surface area contributed by atoms with Crippen LogP contribution in [0.4, 0.5) is 31.8 Å². The van der Waals surface area contributed by atoms with Crippen molar-refractivity contribution < 1.29 is 81.4 Å². The summed E-state index contributed by atoms with van der Waals surface area (Å²) in [4.78, 5) is 58.5. The number of aliphatic hydroxyl groups excluding tert-OH is 2. The van der Waals surface area contributed by atoms with E-state index in [0.717, 1.165) is 89.2 Å². The Balaban J connectivity index is 0.000000140. The molecule has 6 saturated heterocycles. The summed E-state index contributed by atoms with van der Waals surface area (Å²) in [6.07, 6.45) is 6.03. The van der Waals surface area contributed by atoms with Crippen molar-refractivity contribution in [2.45, 2.75) is 320 Å². The third-order valence-corrected chi connectivity index (χ3v) is 20.6. The van der Waals surface area contributed by atoms with Gasteiger partial charge in [-0.1, -0.05) is 45.4 Å². The highest BCUT2D eigenvalue weighted by Gasteiger charge is 2.59. The normalized spacial score (nSPS) is 28.5. The number of carbonyl (C=O) groups is 3. The molecule has 2 N–H and O–H groups in total. The summed E-state index contributed by atoms with van der Waals surface area (Å²) in [7, 11) is 0. The van der Waals surface area contributed by atoms with Crippen molar-refractivity contribution in [3.63, 3.8) is 0 Å². The molecule has 1 unspecified atom stereocenters. The molecule has 576 valence electrons. The molecule has 29 nitrogen and oxygen atoms in total. The number of amides is 3. The van der Waals surface area contributed by atoms with Crippen LogP contribution in [0.3, 0.4) is 0 Å². The van der Waals surface area contributed by atoms with Gasteiger partial charge in [0.1, 0.15) is 100 Å². The van der Waals surface area contributed by atoms with Crippen LogP contribution in [0, 0.1) is 0 Å². The Labute approximate surface area is 626 Å². The molecule has 15 rings (SSSR count). The van der Waals surface area contributed by atoms with E-state index in [2.05, 4.69) is 37.2 Å². The minimum atomic E-state index is -0.800. The van der Waals surface area contributed by atoms with E-state index in [1.165, 1.54) is 0 Å². The summed E-state index contributed by atoms with van der Waals surface area (Å²) >= 11 is 19.2. The molecule has 0 bridgehead atoms. The van der Waals surface area contributed by atoms with Crippen LogP contribution >= 0.6 is 34.8 Å². The number of ether oxygens (including phenoxy) is 12. The second-order valence-electron chi connectivity index (χ2n) is 32.9. The lowest BCUT2D eigenvalue weighted by Crippen LogP contribution is -2.43. The van der Waals surface area contributed by atoms with Crippen molar-refractivity contribution in [3.05, 3.63) is 69.3 Å². The van der Waals surface area contributed by atoms with E-state index in [1.54, 1.807) is 28.2 Å². The Morgan fingerprint density at radius 3 is 0.933 bits per heavy atom. The molecule has 9 aliphatic rings. The number of aromatic nitrogens is 9. The Morgan fingerprint density at radius 2 is 0.686 bits per heavy atom. The number of rotatable bonds is 12. The molecule has 6 aliphatic heterocycles. The van der Waals surface area contributed by atoms with Crippen molar-refractivity contribution >= 4 is 87.1 Å². The highest BCUT2D eigenvalue weighted by molar-refractivity contribution is 6.29. The maximum atomic E-state index is 13.4. The van der Waals surface area contributed by atoms with Gasteiger partial charge in [-0.2, -0.15) is 15.0 Å². The quantitative estimate of drug-likeness (QED) is 0.108. The van der Waals surface area contributed by atoms with Crippen LogP contribution in [0.15, 0.2) is 36.4 Å². The second kappa shape index (κ2) is 29.5. The first-order chi connectivity index (χ1) is 49.4. The number of hydrogen-bond donors (Lipinski definition) is 2. The molecule has 0 radical (unpaired) electrons. The van der Waals surface area contributed by atoms with Gasteiger partial charge in [-0.25, -0.2) is 27.9 Å². The summed E-state index contributed by atoms with van der Waals surface area (Å²) in [6, 6.07) is 11.2. The van der Waals surface area contributed by atoms with E-state index in [9.17, 15) is 24.6 Å². The van der Waals surface area contributed by atoms with Gasteiger partial charge in [0.25, 0.3) is 0 Å². The van der Waals surface area contributed by atoms with Crippen LogP contribution in [0.5, 0.6) is 0 Å². The molecule has 6 aromatic heterocycles. The maximum absolute atomic E-state index is 13.4. The number of fused-ring (bicyclic) bond motifs is 6. The maximum Gasteiger partial charge on any atom is 0.416 e. The molecule has 3 saturated carbocycles. The van der Waals surface area contributed by atoms with Crippen LogP contribution in [0.1, 0.15) is 230 Å². The molecule has 0 spiro atoms. The topological polar surface area (TPSA) is 303 Å². The predicted octanol–water partition coefficient (Wildman–Crippen LogP) is 13.5. The largest absolute Gasteiger partial charge is 0.443 e. The van der Waals surface area contributed by atoms with Gasteiger partial charge in [-0.15, -0.1) is 15.3 Å². The third kappa shape index (κ3) is 16.1. The van der Waals surface area contributed by atoms with Crippen LogP contribution in [0.25, 0.3) is 16.6 Å². The second-order valence-corrected chi connectivity index (χ2v) is 33.9. The summed E-state index contributed by atoms with van der Waals surface area (Å²) in [5.74, 6) is -1.05. The van der Waals surface area contributed by atoms with Crippen LogP contribution < -0.4 is 14.7 Å². The molecule has 6 aromatic rings. The van der Waals surface area contributed by atoms with Crippen molar-refractivity contribution in [3.8, 4) is 0 Å². The van der Waals surface area contributed by atoms with Gasteiger partial charge in [0.05, 0.1) is 36.4 Å². The number of carbonyl (C=O) groups excluding carboxylic acids is 3. The Bertz CT molecular complexity index is 3740. The molecule has 3 amide bonds. The first kappa shape index (κ1) is 77.3. The summed E-state index contributed by atoms with van der Waals surface area (Å²) < 4.78 is 77.7. The van der Waals surface area contributed by atoms with Gasteiger partial charge in [-0.05, 0) is 220 Å². The van der Waals surface area contributed by atoms with Gasteiger partial charge in [0.2, 0.25) is 15.9 Å². The highest BCUT2D eigenvalue weighted by Crippen LogP contribution is 2.50. The van der Waals surface area contributed by atoms with Crippen LogP contribution in [-0.2, 0) is 56.8 Å². The average molecular weight is 1530 g/mol. The molecular weight excluding hydrogens is 1420 g/mol. The molecular formula is C73H101Cl3N12O17. The lowest BCUT2D eigenvalue weighted by Gasteiger charge is -2.31. The fraction of sp³-hybridized carbons (Fsp3) is 0.712. The fourth-order valence-corrected chi connectivity index (χ4v) is 16.6. The highest BCUT2D eigenvalue weighted by atomic mass is 35.5. The minimum Gasteiger partial charge on any atom is -0.443 e. The minimum absolute atomic E-state index is 0.00585. The van der Waals surface area contributed by atoms with E-state index in [1.807, 2.05) is 140 Å². The first-order valence-corrected chi connectivity index (χ1v) is 38.0. The first-order valence-electron chi connectivity index (χ1n) is 36.9. The number of hydrogen-bond acceptors (Lipinski definition) is 23. The lowest BCUT2D eigenvalue weighted by atomic mass is 10.0. The van der Waals surface area contributed by atoms with Gasteiger partial charge in [-0.3, -0.25) is 14.7 Å². The summed E-state index contributed by atoms with van der Waals surface area (Å²) in [5.41, 5.74) is 2.05. The predicted molar refractivity (Wildman–Crippen MR) is 386 cm³/mol. The van der Waals surface area contributed by atoms with Crippen LogP contribution in [-0.4, -0.2) is 193 Å². The van der Waals surface area contributed by atoms with E-state index >= 15 is 0 Å². The van der Waals surface area contributed by atoms with E-state index in [-0.39, 0.29) is 65.5 Å². The molecule has 0 aromatic carbocycles. The number of anilines is 3. The third-order valence-electron chi connectivity index (χ3n) is 20.1. The molecule has 12 heterocycles. The molecule has 12 atom stereocenters. The van der Waals surface area contributed by atoms with Gasteiger partial charge in [0, 0.05) is 18.1 Å². The molecule has 3 aliphatic carbocycles. The Morgan fingerprint density at radius 1 is 0.438 bits per heavy atom. The Kier molecular flexibility index (Phi) is 21.7. The Hall–Kier alpha value is -5.90. The molecule has 32 heteroatoms. The lowest BCUT2D eigenvalue weighted by molar-refractivity contribution is -0.191. The van der Waals surface area contributed by atoms with Crippen molar-refractivity contribution in [2.75, 3.05) is 27.9 Å². The zero-order valence-corrected chi connectivity index (χ0v) is 65.0. The molecule has 9 fully saturated rings. The number of nitrogens with zero attached hydrogens (tertiary/aromatic N) is 12. The SMILES string of the molecule is CC(C)(C)OC(=O)N(c1nc(Cl)nn2c([C@@H]3O[C@H](CO)[C@H]4OC(C)(C)O[C@H]43)ccc12)C1CCCC1.CC(C)(C)OC(=O)N(c1nc(Cl)nn2c([C@H]3O[C@H](CO)[C@H]4OC(C)(C)O[C@H]43)ccc12)C1CCCC1.CC[C@H]1OC(c2ccc3c(N(C(=O)OC(C)(C)C)C4CCCC4)nc(Cl)nn23)[C@@H]2OC(C)(C)O[C@H]12. The fourth-order valence-electron chi connectivity index (χ4n) is 16.1. The van der Waals surface area contributed by atoms with Gasteiger partial charge < -0.3 is 67.1 Å². The van der Waals surface area contributed by atoms with E-state index in [0.29, 0.717) is 45.4 Å². The zero-order chi connectivity index (χ0) is 75.4. The number of halogens is 3. The van der Waals surface area contributed by atoms with Crippen molar-refractivity contribution in [1.29, 1.82) is 0 Å². The molecule has 105 heavy (non-hydrogen) atoms. The van der Waals surface area contributed by atoms with E-state index < -0.39 is 107 Å². The summed E-state index contributed by atoms with van der Waals surface area (Å²) in [6.45, 7) is 29.5. The average Bonchev–Trinajstić information content (AvgIpc) is 1.60. The monoisotopic (exact) mass is 1520 g/mol. The summed E-state index contributed by atoms with van der Waals surface area (Å²) in [5, 5.41) is 33.2. The van der Waals surface area contributed by atoms with Crippen LogP contribution in [0.2, 0.25) is 15.9 Å². The van der Waals surface area contributed by atoms with E-state index in [4.69, 9.17) is 91.6 Å². The number of aliphatic hydroxyl groups is 2. The standard InChI is InChI=1S/C25H35ClN4O5.2C24H33ClN4O6/c1-7-17-19-20(34-25(5,6)33-19)18(32-17)15-12-13-16-21(27-22(26)28-30(15)16)29(14-10-8-9-11-14)23(31)35-24(2,3)4;2*1-23(2,3)35-22(31)28(13-8-6-7-9-13)20-15-11-10-14(29(15)27-21(25)26-20)17-19-18(16(12-30)32-17)33-24(4,5)34-19/h12-14,17-20H,7-11H2,1-6H3;2*10-11,13,16-19,30H,6-9,12H2,1-5H3/t17-,18?,19-,20+;16-,17+,18-,19+;16-,17-,18-,19+/m111/s1. The van der Waals surface area contributed by atoms with Crippen molar-refractivity contribution in [2.24, 2.45) is 0 Å². The smallest absolute Gasteiger partial charge is 0.416 e. The van der Waals surface area contributed by atoms with Crippen molar-refractivity contribution in [1.82, 2.24) is 43.8 Å². The zero-order valence-electron chi connectivity index (χ0n) is 62.7. The van der Waals surface area contributed by atoms with Gasteiger partial charge in [0.15, 0.2) is 34.8 Å².